The smallest absolute Gasteiger partial charge is 0.422 e. The van der Waals surface area contributed by atoms with Crippen molar-refractivity contribution >= 4 is 6.21 Å². The minimum atomic E-state index is -4.34. The molecule has 0 unspecified atom stereocenters. The zero-order valence-electron chi connectivity index (χ0n) is 9.77. The van der Waals surface area contributed by atoms with E-state index in [-0.39, 0.29) is 5.88 Å². The van der Waals surface area contributed by atoms with Crippen LogP contribution < -0.4 is 5.32 Å². The fourth-order valence-corrected chi connectivity index (χ4v) is 1.30. The van der Waals surface area contributed by atoms with E-state index in [1.807, 2.05) is 6.92 Å². The lowest BCUT2D eigenvalue weighted by molar-refractivity contribution is -0.164. The number of allylic oxidation sites excluding steroid dienone is 1. The van der Waals surface area contributed by atoms with Crippen LogP contribution in [0.15, 0.2) is 28.1 Å². The molecule has 0 spiro atoms. The van der Waals surface area contributed by atoms with Crippen molar-refractivity contribution in [2.75, 3.05) is 19.7 Å². The minimum absolute atomic E-state index is 0.0190. The van der Waals surface area contributed by atoms with Gasteiger partial charge < -0.3 is 10.1 Å². The van der Waals surface area contributed by atoms with Crippen LogP contribution in [0, 0.1) is 0 Å². The Morgan fingerprint density at radius 3 is 2.65 bits per heavy atom. The first-order valence-corrected chi connectivity index (χ1v) is 5.21. The minimum Gasteiger partial charge on any atom is -0.468 e. The number of alkyl halides is 3. The summed E-state index contributed by atoms with van der Waals surface area (Å²) in [6, 6.07) is 0. The molecule has 0 fully saturated rings. The molecule has 0 aliphatic carbocycles. The Morgan fingerprint density at radius 1 is 1.47 bits per heavy atom. The van der Waals surface area contributed by atoms with Gasteiger partial charge in [0.2, 0.25) is 5.88 Å². The molecule has 0 radical (unpaired) electrons. The molecule has 1 rings (SSSR count). The van der Waals surface area contributed by atoms with Gasteiger partial charge in [0.15, 0.2) is 6.61 Å². The van der Waals surface area contributed by atoms with Crippen LogP contribution in [0.25, 0.3) is 0 Å². The largest absolute Gasteiger partial charge is 0.468 e. The molecule has 0 aromatic heterocycles. The molecule has 1 N–H and O–H groups in total. The standard InChI is InChI=1S/C11H15F3N2O/c1-3-10(17-7-11(12,13)14)16-6-9-5-15-4-8(9)2/h3,6,15H,4-5,7H2,1-2H3/b10-3?,16-6-. The number of nitrogens with one attached hydrogen (secondary N) is 1. The monoisotopic (exact) mass is 248 g/mol. The maximum atomic E-state index is 11.9. The molecule has 6 heteroatoms. The molecule has 1 aliphatic rings. The van der Waals surface area contributed by atoms with E-state index >= 15 is 0 Å². The van der Waals surface area contributed by atoms with Crippen LogP contribution >= 0.6 is 0 Å². The third-order valence-electron chi connectivity index (χ3n) is 2.23. The van der Waals surface area contributed by atoms with E-state index in [2.05, 4.69) is 15.0 Å². The normalized spacial score (nSPS) is 18.3. The molecule has 0 amide bonds. The predicted octanol–water partition coefficient (Wildman–Crippen LogP) is 2.42. The Labute approximate surface area is 98.1 Å². The van der Waals surface area contributed by atoms with Crippen LogP contribution in [-0.2, 0) is 4.74 Å². The van der Waals surface area contributed by atoms with E-state index < -0.39 is 12.8 Å². The quantitative estimate of drug-likeness (QED) is 0.612. The number of ether oxygens (including phenoxy) is 1. The Hall–Kier alpha value is -1.30. The van der Waals surface area contributed by atoms with Crippen molar-refractivity contribution < 1.29 is 17.9 Å². The van der Waals surface area contributed by atoms with Gasteiger partial charge in [0.05, 0.1) is 0 Å². The third-order valence-corrected chi connectivity index (χ3v) is 2.23. The number of aliphatic imine (C=N–C) groups is 1. The third kappa shape index (κ3) is 5.04. The Balaban J connectivity index is 2.53. The second-order valence-electron chi connectivity index (χ2n) is 3.70. The summed E-state index contributed by atoms with van der Waals surface area (Å²) in [5, 5.41) is 3.11. The molecule has 0 aromatic rings. The van der Waals surface area contributed by atoms with Gasteiger partial charge in [-0.25, -0.2) is 4.99 Å². The number of hydrogen-bond donors (Lipinski definition) is 1. The highest BCUT2D eigenvalue weighted by Crippen LogP contribution is 2.17. The van der Waals surface area contributed by atoms with Crippen molar-refractivity contribution in [3.8, 4) is 0 Å². The van der Waals surface area contributed by atoms with Gasteiger partial charge in [0.25, 0.3) is 0 Å². The molecule has 96 valence electrons. The molecular formula is C11H15F3N2O. The molecule has 0 bridgehead atoms. The van der Waals surface area contributed by atoms with E-state index in [0.29, 0.717) is 6.54 Å². The van der Waals surface area contributed by atoms with E-state index in [1.54, 1.807) is 13.1 Å². The number of hydrogen-bond acceptors (Lipinski definition) is 3. The summed E-state index contributed by atoms with van der Waals surface area (Å²) in [6.07, 6.45) is -1.39. The van der Waals surface area contributed by atoms with Gasteiger partial charge in [-0.15, -0.1) is 0 Å². The number of rotatable bonds is 4. The van der Waals surface area contributed by atoms with Gasteiger partial charge in [0.1, 0.15) is 0 Å². The fraction of sp³-hybridized carbons (Fsp3) is 0.545. The van der Waals surface area contributed by atoms with Crippen molar-refractivity contribution in [1.29, 1.82) is 0 Å². The van der Waals surface area contributed by atoms with Crippen LogP contribution in [-0.4, -0.2) is 32.1 Å². The first-order chi connectivity index (χ1) is 7.92. The van der Waals surface area contributed by atoms with E-state index in [9.17, 15) is 13.2 Å². The predicted molar refractivity (Wildman–Crippen MR) is 59.8 cm³/mol. The highest BCUT2D eigenvalue weighted by molar-refractivity contribution is 5.81. The second-order valence-corrected chi connectivity index (χ2v) is 3.70. The highest BCUT2D eigenvalue weighted by Gasteiger charge is 2.28. The van der Waals surface area contributed by atoms with Crippen molar-refractivity contribution in [1.82, 2.24) is 5.32 Å². The molecule has 0 saturated carbocycles. The van der Waals surface area contributed by atoms with Crippen LogP contribution in [0.5, 0.6) is 0 Å². The van der Waals surface area contributed by atoms with Crippen LogP contribution in [0.2, 0.25) is 0 Å². The van der Waals surface area contributed by atoms with E-state index in [4.69, 9.17) is 0 Å². The van der Waals surface area contributed by atoms with Gasteiger partial charge in [-0.3, -0.25) is 0 Å². The fourth-order valence-electron chi connectivity index (χ4n) is 1.30. The Morgan fingerprint density at radius 2 is 2.18 bits per heavy atom. The van der Waals surface area contributed by atoms with Crippen molar-refractivity contribution in [3.05, 3.63) is 23.1 Å². The summed E-state index contributed by atoms with van der Waals surface area (Å²) in [5.41, 5.74) is 2.12. The molecule has 17 heavy (non-hydrogen) atoms. The highest BCUT2D eigenvalue weighted by atomic mass is 19.4. The summed E-state index contributed by atoms with van der Waals surface area (Å²) >= 11 is 0. The number of halogens is 3. The van der Waals surface area contributed by atoms with Crippen molar-refractivity contribution in [3.63, 3.8) is 0 Å². The zero-order chi connectivity index (χ0) is 12.9. The van der Waals surface area contributed by atoms with Crippen molar-refractivity contribution in [2.24, 2.45) is 4.99 Å². The molecule has 0 atom stereocenters. The molecular weight excluding hydrogens is 233 g/mol. The first kappa shape index (κ1) is 13.8. The second kappa shape index (κ2) is 5.86. The Kier molecular flexibility index (Phi) is 4.74. The lowest BCUT2D eigenvalue weighted by Gasteiger charge is -2.08. The summed E-state index contributed by atoms with van der Waals surface area (Å²) < 4.78 is 40.3. The lowest BCUT2D eigenvalue weighted by Crippen LogP contribution is -2.16. The van der Waals surface area contributed by atoms with Crippen molar-refractivity contribution in [2.45, 2.75) is 20.0 Å². The Bertz CT molecular complexity index is 356. The first-order valence-electron chi connectivity index (χ1n) is 5.21. The van der Waals surface area contributed by atoms with Gasteiger partial charge in [0, 0.05) is 19.3 Å². The lowest BCUT2D eigenvalue weighted by atomic mass is 10.2. The molecule has 1 aliphatic heterocycles. The molecule has 3 nitrogen and oxygen atoms in total. The van der Waals surface area contributed by atoms with Gasteiger partial charge in [-0.2, -0.15) is 13.2 Å². The molecule has 0 saturated heterocycles. The van der Waals surface area contributed by atoms with Gasteiger partial charge in [-0.1, -0.05) is 5.57 Å². The average Bonchev–Trinajstić information content (AvgIpc) is 2.63. The maximum Gasteiger partial charge on any atom is 0.422 e. The SMILES string of the molecule is CC=C(/N=C\C1=C(C)CNC1)OCC(F)(F)F. The zero-order valence-corrected chi connectivity index (χ0v) is 9.77. The average molecular weight is 248 g/mol. The van der Waals surface area contributed by atoms with E-state index in [1.165, 1.54) is 6.08 Å². The summed E-state index contributed by atoms with van der Waals surface area (Å²) in [6.45, 7) is 3.69. The molecule has 1 heterocycles. The van der Waals surface area contributed by atoms with Crippen LogP contribution in [0.4, 0.5) is 13.2 Å². The summed E-state index contributed by atoms with van der Waals surface area (Å²) in [5.74, 6) is -0.0190. The molecule has 0 aromatic carbocycles. The van der Waals surface area contributed by atoms with E-state index in [0.717, 1.165) is 17.7 Å². The summed E-state index contributed by atoms with van der Waals surface area (Å²) in [7, 11) is 0. The topological polar surface area (TPSA) is 33.6 Å². The number of nitrogens with zero attached hydrogens (tertiary/aromatic N) is 1. The van der Waals surface area contributed by atoms with Gasteiger partial charge >= 0.3 is 6.18 Å². The maximum absolute atomic E-state index is 11.9. The van der Waals surface area contributed by atoms with Crippen LogP contribution in [0.3, 0.4) is 0 Å². The summed E-state index contributed by atoms with van der Waals surface area (Å²) in [4.78, 5) is 3.89. The van der Waals surface area contributed by atoms with Gasteiger partial charge in [-0.05, 0) is 25.5 Å². The van der Waals surface area contributed by atoms with Crippen LogP contribution in [0.1, 0.15) is 13.8 Å².